The highest BCUT2D eigenvalue weighted by Gasteiger charge is 2.14. The van der Waals surface area contributed by atoms with Crippen molar-refractivity contribution in [2.75, 3.05) is 18.4 Å². The van der Waals surface area contributed by atoms with Crippen LogP contribution in [0.3, 0.4) is 0 Å². The van der Waals surface area contributed by atoms with Gasteiger partial charge in [-0.05, 0) is 43.4 Å². The molecule has 0 saturated carbocycles. The summed E-state index contributed by atoms with van der Waals surface area (Å²) in [5, 5.41) is 17.9. The van der Waals surface area contributed by atoms with E-state index in [1.165, 1.54) is 12.0 Å². The number of nitrogens with one attached hydrogen (secondary N) is 2. The van der Waals surface area contributed by atoms with Crippen LogP contribution in [0.5, 0.6) is 0 Å². The van der Waals surface area contributed by atoms with E-state index in [-0.39, 0.29) is 0 Å². The van der Waals surface area contributed by atoms with Gasteiger partial charge < -0.3 is 10.4 Å². The van der Waals surface area contributed by atoms with Crippen LogP contribution in [0, 0.1) is 0 Å². The van der Waals surface area contributed by atoms with Crippen molar-refractivity contribution in [3.63, 3.8) is 0 Å². The summed E-state index contributed by atoms with van der Waals surface area (Å²) < 4.78 is 0. The van der Waals surface area contributed by atoms with Gasteiger partial charge in [0.2, 0.25) is 0 Å². The number of aliphatic hydroxyl groups excluding tert-OH is 1. The number of fused-ring (bicyclic) bond motifs is 1. The molecule has 3 rings (SSSR count). The first-order valence-electron chi connectivity index (χ1n) is 8.49. The average Bonchev–Trinajstić information content (AvgIpc) is 2.58. The lowest BCUT2D eigenvalue weighted by Crippen LogP contribution is -2.31. The van der Waals surface area contributed by atoms with E-state index in [2.05, 4.69) is 27.8 Å². The Hall–Kier alpha value is -1.07. The smallest absolute Gasteiger partial charge is 0.129 e. The van der Waals surface area contributed by atoms with Crippen LogP contribution in [0.1, 0.15) is 36.9 Å². The number of nitrogens with zero attached hydrogens (tertiary/aromatic N) is 1. The van der Waals surface area contributed by atoms with Crippen LogP contribution >= 0.6 is 23.2 Å². The van der Waals surface area contributed by atoms with Crippen molar-refractivity contribution in [3.8, 4) is 0 Å². The number of rotatable bonds is 6. The lowest BCUT2D eigenvalue weighted by molar-refractivity contribution is 0.137. The van der Waals surface area contributed by atoms with E-state index < -0.39 is 6.23 Å². The van der Waals surface area contributed by atoms with Crippen LogP contribution in [0.15, 0.2) is 33.8 Å². The maximum Gasteiger partial charge on any atom is 0.129 e. The number of halogens is 2. The van der Waals surface area contributed by atoms with Crippen LogP contribution in [0.2, 0.25) is 0 Å². The molecule has 1 aliphatic heterocycles. The molecule has 0 aromatic carbocycles. The highest BCUT2D eigenvalue weighted by Crippen LogP contribution is 2.30. The maximum atomic E-state index is 10.1. The highest BCUT2D eigenvalue weighted by molar-refractivity contribution is 6.40. The van der Waals surface area contributed by atoms with Gasteiger partial charge in [-0.1, -0.05) is 34.8 Å². The summed E-state index contributed by atoms with van der Waals surface area (Å²) in [5.74, 6) is 1.02. The summed E-state index contributed by atoms with van der Waals surface area (Å²) >= 11 is 12.0. The summed E-state index contributed by atoms with van der Waals surface area (Å²) in [6.07, 6.45) is 6.53. The van der Waals surface area contributed by atoms with Crippen molar-refractivity contribution in [1.82, 2.24) is 10.3 Å². The summed E-state index contributed by atoms with van der Waals surface area (Å²) in [4.78, 5) is 4.66. The fourth-order valence-corrected chi connectivity index (χ4v) is 3.47. The summed E-state index contributed by atoms with van der Waals surface area (Å²) in [7, 11) is 0. The van der Waals surface area contributed by atoms with Crippen LogP contribution in [-0.4, -0.2) is 29.4 Å². The van der Waals surface area contributed by atoms with Gasteiger partial charge in [-0.15, -0.1) is 0 Å². The van der Waals surface area contributed by atoms with Gasteiger partial charge >= 0.3 is 0 Å². The molecule has 1 aromatic heterocycles. The molecule has 24 heavy (non-hydrogen) atoms. The monoisotopic (exact) mass is 367 g/mol. The number of pyridine rings is 1. The second-order valence-electron chi connectivity index (χ2n) is 6.32. The molecule has 0 fully saturated rings. The van der Waals surface area contributed by atoms with Gasteiger partial charge in [0, 0.05) is 36.7 Å². The number of allylic oxidation sites excluding steroid dienone is 3. The second kappa shape index (κ2) is 8.34. The Kier molecular flexibility index (Phi) is 6.17. The minimum absolute atomic E-state index is 0.569. The van der Waals surface area contributed by atoms with E-state index in [4.69, 9.17) is 23.2 Å². The van der Waals surface area contributed by atoms with Gasteiger partial charge in [0.05, 0.1) is 5.03 Å². The Morgan fingerprint density at radius 1 is 1.25 bits per heavy atom. The normalized spacial score (nSPS) is 18.7. The number of hydrogen-bond acceptors (Lipinski definition) is 4. The number of aryl methyl sites for hydroxylation is 1. The van der Waals surface area contributed by atoms with Gasteiger partial charge in [0.1, 0.15) is 12.0 Å². The lowest BCUT2D eigenvalue weighted by atomic mass is 10.0. The molecule has 1 unspecified atom stereocenters. The first-order valence-corrected chi connectivity index (χ1v) is 9.25. The fraction of sp³-hybridized carbons (Fsp3) is 0.500. The zero-order valence-corrected chi connectivity index (χ0v) is 15.1. The molecule has 3 N–H and O–H groups in total. The van der Waals surface area contributed by atoms with Gasteiger partial charge in [-0.25, -0.2) is 4.98 Å². The summed E-state index contributed by atoms with van der Waals surface area (Å²) in [6.45, 7) is 1.68. The van der Waals surface area contributed by atoms with Crippen molar-refractivity contribution in [2.45, 2.75) is 44.8 Å². The molecule has 2 heterocycles. The first-order chi connectivity index (χ1) is 11.6. The molecule has 130 valence electrons. The topological polar surface area (TPSA) is 57.2 Å². The standard InChI is InChI=1S/C18H23Cl2N3O/c19-15-6-3-12(10-16(15)20)11-17(24)21-9-7-14-5-4-13-2-1-8-22-18(13)23-14/h4-5,10,17,21,24H,1-3,6-9,11H2,(H,22,23). The Labute approximate surface area is 153 Å². The number of hydrogen-bond donors (Lipinski definition) is 3. The molecule has 2 aliphatic rings. The van der Waals surface area contributed by atoms with Crippen LogP contribution in [0.4, 0.5) is 5.82 Å². The van der Waals surface area contributed by atoms with E-state index in [9.17, 15) is 5.11 Å². The van der Waals surface area contributed by atoms with E-state index in [0.29, 0.717) is 23.0 Å². The molecule has 6 heteroatoms. The Morgan fingerprint density at radius 3 is 2.96 bits per heavy atom. The molecular formula is C18H23Cl2N3O. The molecular weight excluding hydrogens is 345 g/mol. The van der Waals surface area contributed by atoms with Gasteiger partial charge in [-0.3, -0.25) is 5.32 Å². The van der Waals surface area contributed by atoms with Gasteiger partial charge in [0.25, 0.3) is 0 Å². The zero-order valence-electron chi connectivity index (χ0n) is 13.6. The van der Waals surface area contributed by atoms with Crippen LogP contribution in [0.25, 0.3) is 0 Å². The van der Waals surface area contributed by atoms with Crippen LogP contribution in [-0.2, 0) is 12.8 Å². The number of aromatic nitrogens is 1. The largest absolute Gasteiger partial charge is 0.378 e. The van der Waals surface area contributed by atoms with Crippen molar-refractivity contribution in [1.29, 1.82) is 0 Å². The predicted octanol–water partition coefficient (Wildman–Crippen LogP) is 3.69. The molecule has 0 radical (unpaired) electrons. The summed E-state index contributed by atoms with van der Waals surface area (Å²) in [5.41, 5.74) is 3.46. The maximum absolute atomic E-state index is 10.1. The van der Waals surface area contributed by atoms with Gasteiger partial charge in [-0.2, -0.15) is 0 Å². The van der Waals surface area contributed by atoms with E-state index in [1.807, 2.05) is 6.08 Å². The number of anilines is 1. The van der Waals surface area contributed by atoms with Crippen molar-refractivity contribution < 1.29 is 5.11 Å². The van der Waals surface area contributed by atoms with Gasteiger partial charge in [0.15, 0.2) is 0 Å². The van der Waals surface area contributed by atoms with Crippen molar-refractivity contribution in [3.05, 3.63) is 45.1 Å². The average molecular weight is 368 g/mol. The van der Waals surface area contributed by atoms with E-state index in [0.717, 1.165) is 49.3 Å². The first kappa shape index (κ1) is 17.7. The molecule has 1 aliphatic carbocycles. The molecule has 1 aromatic rings. The lowest BCUT2D eigenvalue weighted by Gasteiger charge is -2.19. The Morgan fingerprint density at radius 2 is 2.12 bits per heavy atom. The van der Waals surface area contributed by atoms with E-state index in [1.54, 1.807) is 0 Å². The zero-order chi connectivity index (χ0) is 16.9. The molecule has 0 amide bonds. The Bertz CT molecular complexity index is 658. The van der Waals surface area contributed by atoms with Crippen molar-refractivity contribution >= 4 is 29.0 Å². The second-order valence-corrected chi connectivity index (χ2v) is 7.18. The third-order valence-electron chi connectivity index (χ3n) is 4.42. The third-order valence-corrected chi connectivity index (χ3v) is 5.25. The highest BCUT2D eigenvalue weighted by atomic mass is 35.5. The minimum atomic E-state index is -0.576. The molecule has 0 saturated heterocycles. The number of aliphatic hydroxyl groups is 1. The molecule has 4 nitrogen and oxygen atoms in total. The molecule has 0 spiro atoms. The summed E-state index contributed by atoms with van der Waals surface area (Å²) in [6, 6.07) is 4.24. The van der Waals surface area contributed by atoms with Crippen LogP contribution < -0.4 is 10.6 Å². The minimum Gasteiger partial charge on any atom is -0.378 e. The SMILES string of the molecule is OC(CC1=CC(Cl)=C(Cl)CC1)NCCc1ccc2c(n1)NCCC2. The molecule has 1 atom stereocenters. The third kappa shape index (κ3) is 4.73. The predicted molar refractivity (Wildman–Crippen MR) is 99.4 cm³/mol. The fourth-order valence-electron chi connectivity index (χ4n) is 3.08. The van der Waals surface area contributed by atoms with Crippen molar-refractivity contribution in [2.24, 2.45) is 0 Å². The Balaban J connectivity index is 1.45. The quantitative estimate of drug-likeness (QED) is 0.671. The van der Waals surface area contributed by atoms with E-state index >= 15 is 0 Å². The molecule has 0 bridgehead atoms.